The molecule has 0 aliphatic carbocycles. The predicted octanol–water partition coefficient (Wildman–Crippen LogP) is 3.12. The van der Waals surface area contributed by atoms with Crippen molar-refractivity contribution in [2.75, 3.05) is 41.8 Å². The van der Waals surface area contributed by atoms with Gasteiger partial charge < -0.3 is 26.0 Å². The molecule has 1 aromatic carbocycles. The molecule has 5 rings (SSSR count). The summed E-state index contributed by atoms with van der Waals surface area (Å²) in [5.41, 5.74) is 9.48. The van der Waals surface area contributed by atoms with Gasteiger partial charge in [-0.2, -0.15) is 0 Å². The lowest BCUT2D eigenvalue weighted by Crippen LogP contribution is -2.49. The lowest BCUT2D eigenvalue weighted by Gasteiger charge is -2.35. The number of pyridine rings is 2. The highest BCUT2D eigenvalue weighted by atomic mass is 16.5. The second-order valence-electron chi connectivity index (χ2n) is 8.25. The zero-order chi connectivity index (χ0) is 24.9. The zero-order valence-electron chi connectivity index (χ0n) is 19.6. The van der Waals surface area contributed by atoms with Crippen molar-refractivity contribution in [2.45, 2.75) is 6.04 Å². The van der Waals surface area contributed by atoms with E-state index in [0.29, 0.717) is 42.6 Å². The van der Waals surface area contributed by atoms with E-state index in [-0.39, 0.29) is 11.9 Å². The van der Waals surface area contributed by atoms with Gasteiger partial charge in [-0.1, -0.05) is 18.7 Å². The van der Waals surface area contributed by atoms with Crippen LogP contribution in [0.3, 0.4) is 0 Å². The number of ether oxygens (including phenoxy) is 1. The molecule has 3 aromatic heterocycles. The highest BCUT2D eigenvalue weighted by Gasteiger charge is 2.22. The Morgan fingerprint density at radius 3 is 2.89 bits per heavy atom. The highest BCUT2D eigenvalue weighted by molar-refractivity contribution is 5.99. The number of hydrogen-bond acceptors (Lipinski definition) is 9. The fourth-order valence-corrected chi connectivity index (χ4v) is 4.08. The van der Waals surface area contributed by atoms with E-state index in [9.17, 15) is 4.79 Å². The normalized spacial score (nSPS) is 15.5. The van der Waals surface area contributed by atoms with Crippen LogP contribution >= 0.6 is 0 Å². The van der Waals surface area contributed by atoms with E-state index in [1.807, 2.05) is 36.4 Å². The number of morpholine rings is 1. The zero-order valence-corrected chi connectivity index (χ0v) is 19.6. The number of aromatic nitrogens is 4. The molecule has 0 unspecified atom stereocenters. The van der Waals surface area contributed by atoms with Crippen LogP contribution in [0.5, 0.6) is 0 Å². The smallest absolute Gasteiger partial charge is 0.247 e. The summed E-state index contributed by atoms with van der Waals surface area (Å²) in [7, 11) is 0. The summed E-state index contributed by atoms with van der Waals surface area (Å²) < 4.78 is 5.53. The van der Waals surface area contributed by atoms with Crippen molar-refractivity contribution in [3.63, 3.8) is 0 Å². The molecule has 10 nitrogen and oxygen atoms in total. The lowest BCUT2D eigenvalue weighted by atomic mass is 10.1. The van der Waals surface area contributed by atoms with Crippen molar-refractivity contribution in [1.82, 2.24) is 19.9 Å². The van der Waals surface area contributed by atoms with Crippen LogP contribution in [0.4, 0.5) is 23.1 Å². The number of fused-ring (bicyclic) bond motifs is 1. The molecule has 1 aliphatic heterocycles. The van der Waals surface area contributed by atoms with Gasteiger partial charge in [0.05, 0.1) is 36.8 Å². The third-order valence-corrected chi connectivity index (χ3v) is 5.89. The highest BCUT2D eigenvalue weighted by Crippen LogP contribution is 2.28. The monoisotopic (exact) mass is 482 g/mol. The number of hydrogen-bond donors (Lipinski definition) is 3. The van der Waals surface area contributed by atoms with Crippen molar-refractivity contribution in [2.24, 2.45) is 5.73 Å². The van der Waals surface area contributed by atoms with Crippen molar-refractivity contribution in [3.05, 3.63) is 73.7 Å². The van der Waals surface area contributed by atoms with Crippen LogP contribution < -0.4 is 21.3 Å². The third kappa shape index (κ3) is 4.99. The first-order chi connectivity index (χ1) is 17.6. The van der Waals surface area contributed by atoms with Gasteiger partial charge in [-0.25, -0.2) is 15.0 Å². The van der Waals surface area contributed by atoms with E-state index in [1.165, 1.54) is 6.08 Å². The van der Waals surface area contributed by atoms with Gasteiger partial charge in [-0.15, -0.1) is 0 Å². The maximum atomic E-state index is 11.7. The molecule has 10 heteroatoms. The molecule has 0 saturated carbocycles. The molecule has 36 heavy (non-hydrogen) atoms. The van der Waals surface area contributed by atoms with E-state index in [2.05, 4.69) is 37.1 Å². The summed E-state index contributed by atoms with van der Waals surface area (Å²) in [4.78, 5) is 32.2. The lowest BCUT2D eigenvalue weighted by molar-refractivity contribution is -0.111. The number of rotatable bonds is 7. The Kier molecular flexibility index (Phi) is 6.78. The van der Waals surface area contributed by atoms with E-state index < -0.39 is 0 Å². The molecule has 4 heterocycles. The van der Waals surface area contributed by atoms with Crippen molar-refractivity contribution in [1.29, 1.82) is 0 Å². The third-order valence-electron chi connectivity index (χ3n) is 5.89. The van der Waals surface area contributed by atoms with Crippen LogP contribution in [0.1, 0.15) is 0 Å². The first-order valence-corrected chi connectivity index (χ1v) is 11.6. The number of nitrogens with zero attached hydrogens (tertiary/aromatic N) is 5. The Bertz CT molecular complexity index is 1390. The van der Waals surface area contributed by atoms with Crippen LogP contribution in [0, 0.1) is 0 Å². The van der Waals surface area contributed by atoms with Crippen LogP contribution in [0.25, 0.3) is 22.2 Å². The van der Waals surface area contributed by atoms with Crippen LogP contribution in [-0.2, 0) is 9.53 Å². The van der Waals surface area contributed by atoms with Crippen LogP contribution in [0.15, 0.2) is 73.7 Å². The summed E-state index contributed by atoms with van der Waals surface area (Å²) in [5.74, 6) is 1.00. The molecule has 1 fully saturated rings. The summed E-state index contributed by atoms with van der Waals surface area (Å²) in [6.07, 6.45) is 6.45. The van der Waals surface area contributed by atoms with Crippen LogP contribution in [0.2, 0.25) is 0 Å². The summed E-state index contributed by atoms with van der Waals surface area (Å²) in [5, 5.41) is 6.85. The molecule has 1 amide bonds. The fraction of sp³-hybridized carbons (Fsp3) is 0.192. The maximum Gasteiger partial charge on any atom is 0.247 e. The van der Waals surface area contributed by atoms with Crippen LogP contribution in [-0.4, -0.2) is 58.2 Å². The summed E-state index contributed by atoms with van der Waals surface area (Å²) >= 11 is 0. The Morgan fingerprint density at radius 1 is 1.17 bits per heavy atom. The predicted molar refractivity (Wildman–Crippen MR) is 140 cm³/mol. The second-order valence-corrected chi connectivity index (χ2v) is 8.25. The summed E-state index contributed by atoms with van der Waals surface area (Å²) in [6, 6.07) is 13.3. The standard InChI is InChI=1S/C26H26N8O2/c1-2-23(35)31-19-5-3-4-17(12-19)24-25-18(8-9-28-24)14-30-26(33-25)32-20-6-7-22(29-15-20)34-10-11-36-16-21(34)13-27/h2-9,12,14-15,21H,1,10-11,13,16,27H2,(H,31,35)(H,30,32,33)/t21-/m0/s1. The Balaban J connectivity index is 1.40. The Hall–Kier alpha value is -4.41. The molecule has 1 aliphatic rings. The molecule has 182 valence electrons. The molecule has 0 radical (unpaired) electrons. The molecule has 4 N–H and O–H groups in total. The number of amides is 1. The molecule has 1 atom stereocenters. The van der Waals surface area contributed by atoms with Gasteiger partial charge in [-0.3, -0.25) is 9.78 Å². The van der Waals surface area contributed by atoms with E-state index >= 15 is 0 Å². The van der Waals surface area contributed by atoms with Gasteiger partial charge in [0.2, 0.25) is 11.9 Å². The summed E-state index contributed by atoms with van der Waals surface area (Å²) in [6.45, 7) is 6.01. The topological polar surface area (TPSA) is 131 Å². The molecule has 0 bridgehead atoms. The minimum atomic E-state index is -0.279. The van der Waals surface area contributed by atoms with Crippen molar-refractivity contribution < 1.29 is 9.53 Å². The molecular weight excluding hydrogens is 456 g/mol. The van der Waals surface area contributed by atoms with Crippen molar-refractivity contribution >= 4 is 40.0 Å². The Morgan fingerprint density at radius 2 is 2.08 bits per heavy atom. The number of nitrogens with one attached hydrogen (secondary N) is 2. The van der Waals surface area contributed by atoms with E-state index in [4.69, 9.17) is 15.5 Å². The van der Waals surface area contributed by atoms with Gasteiger partial charge in [0.1, 0.15) is 11.3 Å². The second kappa shape index (κ2) is 10.5. The first-order valence-electron chi connectivity index (χ1n) is 11.6. The molecule has 1 saturated heterocycles. The van der Waals surface area contributed by atoms with Gasteiger partial charge >= 0.3 is 0 Å². The number of anilines is 4. The first kappa shape index (κ1) is 23.3. The average Bonchev–Trinajstić information content (AvgIpc) is 2.93. The van der Waals surface area contributed by atoms with Crippen molar-refractivity contribution in [3.8, 4) is 11.3 Å². The van der Waals surface area contributed by atoms with Gasteiger partial charge in [0.15, 0.2) is 0 Å². The van der Waals surface area contributed by atoms with E-state index in [0.717, 1.165) is 29.0 Å². The quantitative estimate of drug-likeness (QED) is 0.340. The minimum Gasteiger partial charge on any atom is -0.377 e. The average molecular weight is 483 g/mol. The fourth-order valence-electron chi connectivity index (χ4n) is 4.08. The van der Waals surface area contributed by atoms with Gasteiger partial charge in [-0.05, 0) is 36.4 Å². The van der Waals surface area contributed by atoms with E-state index in [1.54, 1.807) is 24.7 Å². The number of carbonyl (C=O) groups is 1. The number of benzene rings is 1. The minimum absolute atomic E-state index is 0.114. The SMILES string of the molecule is C=CC(=O)Nc1cccc(-c2nccc3cnc(Nc4ccc(N5CCOC[C@@H]5CN)nc4)nc23)c1. The molecule has 0 spiro atoms. The maximum absolute atomic E-state index is 11.7. The van der Waals surface area contributed by atoms with Gasteiger partial charge in [0, 0.05) is 42.1 Å². The number of nitrogens with two attached hydrogens (primary N) is 1. The molecular formula is C26H26N8O2. The largest absolute Gasteiger partial charge is 0.377 e. The Labute approximate surface area is 208 Å². The number of carbonyl (C=O) groups excluding carboxylic acids is 1. The molecule has 4 aromatic rings. The van der Waals surface area contributed by atoms with Gasteiger partial charge in [0.25, 0.3) is 0 Å².